The van der Waals surface area contributed by atoms with E-state index >= 15 is 0 Å². The highest BCUT2D eigenvalue weighted by Gasteiger charge is 2.15. The standard InChI is InChI=1S/C11H14N6OS/c1-6(9-15-7(2)16-17-9)14-10(18)8-4-12-11(19-3)13-5-8/h4-6H,1-3H3,(H,14,18)(H,15,16,17)/t6-/m0/s1. The van der Waals surface area contributed by atoms with Gasteiger partial charge in [0.15, 0.2) is 11.0 Å². The minimum Gasteiger partial charge on any atom is -0.342 e. The summed E-state index contributed by atoms with van der Waals surface area (Å²) in [7, 11) is 0. The van der Waals surface area contributed by atoms with Crippen molar-refractivity contribution in [3.05, 3.63) is 29.6 Å². The Balaban J connectivity index is 2.03. The van der Waals surface area contributed by atoms with Crippen molar-refractivity contribution in [2.24, 2.45) is 0 Å². The van der Waals surface area contributed by atoms with E-state index in [-0.39, 0.29) is 11.9 Å². The van der Waals surface area contributed by atoms with Gasteiger partial charge < -0.3 is 5.32 Å². The van der Waals surface area contributed by atoms with Gasteiger partial charge >= 0.3 is 0 Å². The highest BCUT2D eigenvalue weighted by atomic mass is 32.2. The zero-order valence-corrected chi connectivity index (χ0v) is 11.7. The van der Waals surface area contributed by atoms with Crippen LogP contribution in [0.25, 0.3) is 0 Å². The largest absolute Gasteiger partial charge is 0.342 e. The molecule has 0 aliphatic carbocycles. The van der Waals surface area contributed by atoms with Crippen molar-refractivity contribution in [1.29, 1.82) is 0 Å². The van der Waals surface area contributed by atoms with E-state index in [2.05, 4.69) is 30.5 Å². The maximum absolute atomic E-state index is 12.0. The number of aromatic nitrogens is 5. The van der Waals surface area contributed by atoms with Crippen molar-refractivity contribution in [3.8, 4) is 0 Å². The Labute approximate surface area is 114 Å². The first-order valence-corrected chi connectivity index (χ1v) is 6.88. The SMILES string of the molecule is CSc1ncc(C(=O)N[C@@H](C)c2n[nH]c(C)n2)cn1. The van der Waals surface area contributed by atoms with Crippen molar-refractivity contribution < 1.29 is 4.79 Å². The predicted octanol–water partition coefficient (Wildman–Crippen LogP) is 1.12. The van der Waals surface area contributed by atoms with Gasteiger partial charge in [-0.05, 0) is 20.1 Å². The number of amides is 1. The molecule has 0 saturated heterocycles. The van der Waals surface area contributed by atoms with Crippen LogP contribution in [0, 0.1) is 6.92 Å². The number of carbonyl (C=O) groups is 1. The first-order valence-electron chi connectivity index (χ1n) is 5.66. The van der Waals surface area contributed by atoms with Gasteiger partial charge in [-0.25, -0.2) is 15.0 Å². The van der Waals surface area contributed by atoms with Crippen molar-refractivity contribution in [1.82, 2.24) is 30.5 Å². The predicted molar refractivity (Wildman–Crippen MR) is 70.8 cm³/mol. The van der Waals surface area contributed by atoms with Crippen LogP contribution in [0.2, 0.25) is 0 Å². The van der Waals surface area contributed by atoms with Crippen LogP contribution in [-0.4, -0.2) is 37.3 Å². The van der Waals surface area contributed by atoms with Gasteiger partial charge in [0.2, 0.25) is 0 Å². The Morgan fingerprint density at radius 3 is 2.63 bits per heavy atom. The van der Waals surface area contributed by atoms with Gasteiger partial charge in [0.25, 0.3) is 5.91 Å². The molecule has 1 atom stereocenters. The number of rotatable bonds is 4. The second-order valence-electron chi connectivity index (χ2n) is 3.93. The van der Waals surface area contributed by atoms with Gasteiger partial charge in [0.1, 0.15) is 5.82 Å². The lowest BCUT2D eigenvalue weighted by Crippen LogP contribution is -2.27. The molecule has 0 aliphatic heterocycles. The maximum atomic E-state index is 12.0. The third-order valence-electron chi connectivity index (χ3n) is 2.42. The summed E-state index contributed by atoms with van der Waals surface area (Å²) in [5, 5.41) is 10.2. The molecule has 100 valence electrons. The summed E-state index contributed by atoms with van der Waals surface area (Å²) >= 11 is 1.42. The molecule has 7 nitrogen and oxygen atoms in total. The van der Waals surface area contributed by atoms with E-state index in [1.165, 1.54) is 24.2 Å². The molecule has 19 heavy (non-hydrogen) atoms. The van der Waals surface area contributed by atoms with E-state index in [1.807, 2.05) is 13.2 Å². The van der Waals surface area contributed by atoms with Crippen LogP contribution < -0.4 is 5.32 Å². The van der Waals surface area contributed by atoms with Crippen LogP contribution in [0.3, 0.4) is 0 Å². The van der Waals surface area contributed by atoms with Crippen LogP contribution >= 0.6 is 11.8 Å². The number of hydrogen-bond acceptors (Lipinski definition) is 6. The summed E-state index contributed by atoms with van der Waals surface area (Å²) in [6.07, 6.45) is 4.89. The van der Waals surface area contributed by atoms with Crippen molar-refractivity contribution >= 4 is 17.7 Å². The number of hydrogen-bond donors (Lipinski definition) is 2. The number of aromatic amines is 1. The first kappa shape index (κ1) is 13.5. The summed E-state index contributed by atoms with van der Waals surface area (Å²) in [5.74, 6) is 1.01. The second-order valence-corrected chi connectivity index (χ2v) is 4.71. The number of H-pyrrole nitrogens is 1. The summed E-state index contributed by atoms with van der Waals surface area (Å²) in [5.41, 5.74) is 0.414. The van der Waals surface area contributed by atoms with Crippen LogP contribution in [0.5, 0.6) is 0 Å². The number of thioether (sulfide) groups is 1. The molecule has 0 spiro atoms. The van der Waals surface area contributed by atoms with Gasteiger partial charge in [0.05, 0.1) is 11.6 Å². The monoisotopic (exact) mass is 278 g/mol. The van der Waals surface area contributed by atoms with Gasteiger partial charge in [-0.1, -0.05) is 11.8 Å². The lowest BCUT2D eigenvalue weighted by Gasteiger charge is -2.10. The molecule has 0 aliphatic rings. The molecule has 8 heteroatoms. The quantitative estimate of drug-likeness (QED) is 0.642. The molecule has 0 fully saturated rings. The minimum absolute atomic E-state index is 0.248. The molecule has 2 heterocycles. The fourth-order valence-corrected chi connectivity index (χ4v) is 1.75. The Morgan fingerprint density at radius 2 is 2.11 bits per heavy atom. The molecule has 2 aromatic heterocycles. The third-order valence-corrected chi connectivity index (χ3v) is 3.00. The highest BCUT2D eigenvalue weighted by Crippen LogP contribution is 2.09. The summed E-state index contributed by atoms with van der Waals surface area (Å²) in [4.78, 5) is 24.3. The fourth-order valence-electron chi connectivity index (χ4n) is 1.44. The van der Waals surface area contributed by atoms with Crippen molar-refractivity contribution in [3.63, 3.8) is 0 Å². The highest BCUT2D eigenvalue weighted by molar-refractivity contribution is 7.98. The molecule has 0 unspecified atom stereocenters. The summed E-state index contributed by atoms with van der Waals surface area (Å²) < 4.78 is 0. The normalized spacial score (nSPS) is 12.2. The smallest absolute Gasteiger partial charge is 0.255 e. The Hall–Kier alpha value is -1.96. The number of carbonyl (C=O) groups excluding carboxylic acids is 1. The summed E-state index contributed by atoms with van der Waals surface area (Å²) in [6, 6.07) is -0.280. The topological polar surface area (TPSA) is 96.5 Å². The van der Waals surface area contributed by atoms with Gasteiger partial charge in [-0.2, -0.15) is 5.10 Å². The number of nitrogens with zero attached hydrogens (tertiary/aromatic N) is 4. The minimum atomic E-state index is -0.280. The number of aryl methyl sites for hydroxylation is 1. The molecule has 2 rings (SSSR count). The lowest BCUT2D eigenvalue weighted by atomic mass is 10.2. The average molecular weight is 278 g/mol. The van der Waals surface area contributed by atoms with E-state index in [0.717, 1.165) is 0 Å². The fraction of sp³-hybridized carbons (Fsp3) is 0.364. The Bertz CT molecular complexity index is 567. The lowest BCUT2D eigenvalue weighted by molar-refractivity contribution is 0.0937. The van der Waals surface area contributed by atoms with Crippen LogP contribution in [0.1, 0.15) is 35.0 Å². The van der Waals surface area contributed by atoms with Crippen molar-refractivity contribution in [2.75, 3.05) is 6.26 Å². The van der Waals surface area contributed by atoms with Crippen LogP contribution in [0.4, 0.5) is 0 Å². The summed E-state index contributed by atoms with van der Waals surface area (Å²) in [6.45, 7) is 3.62. The maximum Gasteiger partial charge on any atom is 0.255 e. The van der Waals surface area contributed by atoms with Crippen LogP contribution in [0.15, 0.2) is 17.6 Å². The van der Waals surface area contributed by atoms with Crippen LogP contribution in [-0.2, 0) is 0 Å². The second kappa shape index (κ2) is 5.79. The molecular weight excluding hydrogens is 264 g/mol. The molecule has 1 amide bonds. The molecular formula is C11H14N6OS. The molecule has 2 aromatic rings. The molecule has 0 aromatic carbocycles. The average Bonchev–Trinajstić information content (AvgIpc) is 2.85. The van der Waals surface area contributed by atoms with E-state index in [1.54, 1.807) is 6.92 Å². The zero-order chi connectivity index (χ0) is 13.8. The Kier molecular flexibility index (Phi) is 4.10. The zero-order valence-electron chi connectivity index (χ0n) is 10.8. The number of nitrogens with one attached hydrogen (secondary N) is 2. The van der Waals surface area contributed by atoms with Crippen molar-refractivity contribution in [2.45, 2.75) is 25.0 Å². The molecule has 0 radical (unpaired) electrons. The van der Waals surface area contributed by atoms with Gasteiger partial charge in [-0.15, -0.1) is 0 Å². The van der Waals surface area contributed by atoms with E-state index in [0.29, 0.717) is 22.4 Å². The van der Waals surface area contributed by atoms with Gasteiger partial charge in [-0.3, -0.25) is 9.89 Å². The van der Waals surface area contributed by atoms with E-state index < -0.39 is 0 Å². The molecule has 2 N–H and O–H groups in total. The van der Waals surface area contributed by atoms with E-state index in [9.17, 15) is 4.79 Å². The first-order chi connectivity index (χ1) is 9.10. The van der Waals surface area contributed by atoms with E-state index in [4.69, 9.17) is 0 Å². The molecule has 0 saturated carbocycles. The Morgan fingerprint density at radius 1 is 1.42 bits per heavy atom. The van der Waals surface area contributed by atoms with Gasteiger partial charge in [0, 0.05) is 12.4 Å². The molecule has 0 bridgehead atoms. The third kappa shape index (κ3) is 3.28.